The maximum Gasteiger partial charge on any atom is 0.338 e. The minimum absolute atomic E-state index is 0.248. The lowest BCUT2D eigenvalue weighted by Crippen LogP contribution is -2.05. The van der Waals surface area contributed by atoms with E-state index >= 15 is 0 Å². The van der Waals surface area contributed by atoms with Gasteiger partial charge in [-0.3, -0.25) is 0 Å². The van der Waals surface area contributed by atoms with Crippen LogP contribution in [0.4, 0.5) is 0 Å². The number of benzene rings is 2. The minimum atomic E-state index is -0.248. The van der Waals surface area contributed by atoms with Crippen LogP contribution in [0.1, 0.15) is 22.8 Å². The van der Waals surface area contributed by atoms with E-state index in [1.54, 1.807) is 0 Å². The highest BCUT2D eigenvalue weighted by atomic mass is 16.5. The van der Waals surface area contributed by atoms with Crippen molar-refractivity contribution in [3.63, 3.8) is 0 Å². The first kappa shape index (κ1) is 10.7. The highest BCUT2D eigenvalue weighted by Crippen LogP contribution is 2.23. The molecule has 2 aromatic carbocycles. The number of aryl methyl sites for hydroxylation is 1. The van der Waals surface area contributed by atoms with Crippen molar-refractivity contribution in [3.8, 4) is 0 Å². The first-order valence-electron chi connectivity index (χ1n) is 5.39. The van der Waals surface area contributed by atoms with E-state index in [-0.39, 0.29) is 5.97 Å². The Morgan fingerprint density at radius 3 is 2.56 bits per heavy atom. The fourth-order valence-corrected chi connectivity index (χ4v) is 1.91. The highest BCUT2D eigenvalue weighted by Gasteiger charge is 2.11. The lowest BCUT2D eigenvalue weighted by molar-refractivity contribution is 0.0528. The van der Waals surface area contributed by atoms with E-state index < -0.39 is 0 Å². The van der Waals surface area contributed by atoms with Crippen molar-refractivity contribution in [3.05, 3.63) is 47.5 Å². The normalized spacial score (nSPS) is 10.4. The van der Waals surface area contributed by atoms with Gasteiger partial charge in [-0.2, -0.15) is 0 Å². The second-order valence-corrected chi connectivity index (χ2v) is 3.70. The zero-order chi connectivity index (χ0) is 11.5. The first-order valence-corrected chi connectivity index (χ1v) is 5.39. The molecule has 82 valence electrons. The quantitative estimate of drug-likeness (QED) is 0.717. The third-order valence-electron chi connectivity index (χ3n) is 2.61. The summed E-state index contributed by atoms with van der Waals surface area (Å²) >= 11 is 0. The van der Waals surface area contributed by atoms with Crippen molar-refractivity contribution in [1.82, 2.24) is 0 Å². The molecule has 0 heterocycles. The molecule has 0 bridgehead atoms. The number of hydrogen-bond donors (Lipinski definition) is 0. The number of carbonyl (C=O) groups is 1. The summed E-state index contributed by atoms with van der Waals surface area (Å²) in [5.41, 5.74) is 1.75. The van der Waals surface area contributed by atoms with Crippen LogP contribution in [0.5, 0.6) is 0 Å². The van der Waals surface area contributed by atoms with Crippen LogP contribution in [0.2, 0.25) is 0 Å². The first-order chi connectivity index (χ1) is 7.74. The molecule has 0 spiro atoms. The molecule has 2 nitrogen and oxygen atoms in total. The zero-order valence-corrected chi connectivity index (χ0v) is 9.49. The fraction of sp³-hybridized carbons (Fsp3) is 0.214. The Kier molecular flexibility index (Phi) is 2.91. The lowest BCUT2D eigenvalue weighted by atomic mass is 10.0. The predicted octanol–water partition coefficient (Wildman–Crippen LogP) is 3.32. The van der Waals surface area contributed by atoms with E-state index in [1.165, 1.54) is 0 Å². The Balaban J connectivity index is 2.65. The summed E-state index contributed by atoms with van der Waals surface area (Å²) in [7, 11) is 0. The van der Waals surface area contributed by atoms with E-state index in [9.17, 15) is 4.79 Å². The second-order valence-electron chi connectivity index (χ2n) is 3.70. The molecule has 16 heavy (non-hydrogen) atoms. The third kappa shape index (κ3) is 1.78. The summed E-state index contributed by atoms with van der Waals surface area (Å²) in [6.45, 7) is 4.22. The van der Waals surface area contributed by atoms with Crippen LogP contribution in [0, 0.1) is 6.92 Å². The Hall–Kier alpha value is -1.83. The van der Waals surface area contributed by atoms with Gasteiger partial charge in [0.25, 0.3) is 0 Å². The summed E-state index contributed by atoms with van der Waals surface area (Å²) in [4.78, 5) is 11.8. The number of fused-ring (bicyclic) bond motifs is 1. The molecule has 0 aliphatic carbocycles. The maximum atomic E-state index is 11.8. The molecule has 0 radical (unpaired) electrons. The number of ether oxygens (including phenoxy) is 1. The summed E-state index contributed by atoms with van der Waals surface area (Å²) in [5.74, 6) is -0.248. The van der Waals surface area contributed by atoms with Crippen molar-refractivity contribution in [2.24, 2.45) is 0 Å². The molecule has 0 atom stereocenters. The predicted molar refractivity (Wildman–Crippen MR) is 64.6 cm³/mol. The number of hydrogen-bond acceptors (Lipinski definition) is 2. The van der Waals surface area contributed by atoms with E-state index in [1.807, 2.05) is 50.2 Å². The monoisotopic (exact) mass is 214 g/mol. The Morgan fingerprint density at radius 1 is 1.19 bits per heavy atom. The molecular weight excluding hydrogens is 200 g/mol. The van der Waals surface area contributed by atoms with Crippen LogP contribution in [-0.2, 0) is 4.74 Å². The summed E-state index contributed by atoms with van der Waals surface area (Å²) < 4.78 is 5.05. The van der Waals surface area contributed by atoms with Crippen LogP contribution < -0.4 is 0 Å². The van der Waals surface area contributed by atoms with Crippen molar-refractivity contribution < 1.29 is 9.53 Å². The number of esters is 1. The third-order valence-corrected chi connectivity index (χ3v) is 2.61. The van der Waals surface area contributed by atoms with Crippen LogP contribution in [0.15, 0.2) is 36.4 Å². The second kappa shape index (κ2) is 4.35. The SMILES string of the molecule is CCOC(=O)c1cccc2cccc(C)c12. The highest BCUT2D eigenvalue weighted by molar-refractivity contribution is 6.05. The summed E-state index contributed by atoms with van der Waals surface area (Å²) in [5, 5.41) is 2.06. The molecule has 0 aromatic heterocycles. The minimum Gasteiger partial charge on any atom is -0.462 e. The van der Waals surface area contributed by atoms with E-state index in [0.717, 1.165) is 16.3 Å². The van der Waals surface area contributed by atoms with Crippen LogP contribution >= 0.6 is 0 Å². The molecule has 2 rings (SSSR count). The molecule has 0 saturated carbocycles. The molecule has 0 saturated heterocycles. The average Bonchev–Trinajstić information content (AvgIpc) is 2.29. The van der Waals surface area contributed by atoms with Gasteiger partial charge >= 0.3 is 5.97 Å². The molecule has 0 unspecified atom stereocenters. The summed E-state index contributed by atoms with van der Waals surface area (Å²) in [6, 6.07) is 11.7. The Labute approximate surface area is 94.8 Å². The number of carbonyl (C=O) groups excluding carboxylic acids is 1. The van der Waals surface area contributed by atoms with Crippen LogP contribution in [0.25, 0.3) is 10.8 Å². The molecule has 0 fully saturated rings. The zero-order valence-electron chi connectivity index (χ0n) is 9.49. The topological polar surface area (TPSA) is 26.3 Å². The van der Waals surface area contributed by atoms with Gasteiger partial charge < -0.3 is 4.74 Å². The standard InChI is InChI=1S/C14H14O2/c1-3-16-14(15)12-9-5-8-11-7-4-6-10(2)13(11)12/h4-9H,3H2,1-2H3. The largest absolute Gasteiger partial charge is 0.462 e. The van der Waals surface area contributed by atoms with Crippen LogP contribution in [0.3, 0.4) is 0 Å². The van der Waals surface area contributed by atoms with Crippen molar-refractivity contribution in [2.45, 2.75) is 13.8 Å². The maximum absolute atomic E-state index is 11.8. The van der Waals surface area contributed by atoms with Crippen molar-refractivity contribution in [2.75, 3.05) is 6.61 Å². The Bertz CT molecular complexity index is 524. The van der Waals surface area contributed by atoms with Gasteiger partial charge in [-0.15, -0.1) is 0 Å². The van der Waals surface area contributed by atoms with Crippen LogP contribution in [-0.4, -0.2) is 12.6 Å². The summed E-state index contributed by atoms with van der Waals surface area (Å²) in [6.07, 6.45) is 0. The molecule has 2 heteroatoms. The lowest BCUT2D eigenvalue weighted by Gasteiger charge is -2.08. The molecule has 0 amide bonds. The Morgan fingerprint density at radius 2 is 1.88 bits per heavy atom. The molecule has 2 aromatic rings. The van der Waals surface area contributed by atoms with Gasteiger partial charge in [-0.05, 0) is 36.2 Å². The molecular formula is C14H14O2. The van der Waals surface area contributed by atoms with Gasteiger partial charge in [0.05, 0.1) is 12.2 Å². The fourth-order valence-electron chi connectivity index (χ4n) is 1.91. The smallest absolute Gasteiger partial charge is 0.338 e. The van der Waals surface area contributed by atoms with E-state index in [4.69, 9.17) is 4.74 Å². The van der Waals surface area contributed by atoms with Crippen molar-refractivity contribution >= 4 is 16.7 Å². The van der Waals surface area contributed by atoms with Crippen molar-refractivity contribution in [1.29, 1.82) is 0 Å². The van der Waals surface area contributed by atoms with Gasteiger partial charge in [0, 0.05) is 0 Å². The van der Waals surface area contributed by atoms with Gasteiger partial charge in [-0.25, -0.2) is 4.79 Å². The average molecular weight is 214 g/mol. The van der Waals surface area contributed by atoms with Gasteiger partial charge in [0.1, 0.15) is 0 Å². The van der Waals surface area contributed by atoms with E-state index in [0.29, 0.717) is 12.2 Å². The van der Waals surface area contributed by atoms with Gasteiger partial charge in [-0.1, -0.05) is 30.3 Å². The molecule has 0 N–H and O–H groups in total. The van der Waals surface area contributed by atoms with Gasteiger partial charge in [0.2, 0.25) is 0 Å². The van der Waals surface area contributed by atoms with Gasteiger partial charge in [0.15, 0.2) is 0 Å². The number of rotatable bonds is 2. The van der Waals surface area contributed by atoms with E-state index in [2.05, 4.69) is 0 Å². The molecule has 0 aliphatic heterocycles. The molecule has 0 aliphatic rings.